The molecule has 0 amide bonds. The molecule has 0 aromatic heterocycles. The standard InChI is InChI=1S/C15H20O3/c1-10-5-8-13(16)11(2)6-7-12(14(17)9-10)15(3,4)18/h6-7,9,18H,5,8H2,1-4H3/b10-9-,11-6-,12-7+. The van der Waals surface area contributed by atoms with Gasteiger partial charge in [0.1, 0.15) is 0 Å². The molecule has 1 rings (SSSR count). The zero-order valence-corrected chi connectivity index (χ0v) is 11.4. The third-order valence-corrected chi connectivity index (χ3v) is 2.99. The summed E-state index contributed by atoms with van der Waals surface area (Å²) in [6, 6.07) is 0. The van der Waals surface area contributed by atoms with Gasteiger partial charge < -0.3 is 5.11 Å². The third-order valence-electron chi connectivity index (χ3n) is 2.99. The lowest BCUT2D eigenvalue weighted by Gasteiger charge is -2.20. The molecule has 0 spiro atoms. The highest BCUT2D eigenvalue weighted by molar-refractivity contribution is 6.06. The van der Waals surface area contributed by atoms with Gasteiger partial charge in [-0.25, -0.2) is 0 Å². The van der Waals surface area contributed by atoms with Crippen LogP contribution in [0.1, 0.15) is 40.5 Å². The first-order valence-electron chi connectivity index (χ1n) is 6.08. The van der Waals surface area contributed by atoms with Crippen molar-refractivity contribution in [2.24, 2.45) is 0 Å². The summed E-state index contributed by atoms with van der Waals surface area (Å²) < 4.78 is 0. The molecule has 0 heterocycles. The Labute approximate surface area is 108 Å². The Kier molecular flexibility index (Phi) is 4.41. The van der Waals surface area contributed by atoms with E-state index in [1.807, 2.05) is 6.92 Å². The van der Waals surface area contributed by atoms with Crippen LogP contribution in [0.2, 0.25) is 0 Å². The van der Waals surface area contributed by atoms with Gasteiger partial charge in [-0.2, -0.15) is 0 Å². The molecular weight excluding hydrogens is 228 g/mol. The summed E-state index contributed by atoms with van der Waals surface area (Å²) in [7, 11) is 0. The Hall–Kier alpha value is -1.48. The SMILES string of the molecule is C/C1=C/C(=O)/C(C(C)(C)O)=C\C=C(\C)C(=O)CC1. The van der Waals surface area contributed by atoms with Crippen LogP contribution < -0.4 is 0 Å². The first-order valence-corrected chi connectivity index (χ1v) is 6.08. The number of rotatable bonds is 1. The molecule has 18 heavy (non-hydrogen) atoms. The van der Waals surface area contributed by atoms with Crippen LogP contribution in [0.15, 0.2) is 34.9 Å². The second-order valence-corrected chi connectivity index (χ2v) is 5.27. The van der Waals surface area contributed by atoms with Gasteiger partial charge in [0.25, 0.3) is 0 Å². The summed E-state index contributed by atoms with van der Waals surface area (Å²) in [6.07, 6.45) is 5.66. The van der Waals surface area contributed by atoms with Crippen LogP contribution >= 0.6 is 0 Å². The van der Waals surface area contributed by atoms with Gasteiger partial charge in [0.2, 0.25) is 0 Å². The van der Waals surface area contributed by atoms with E-state index in [0.29, 0.717) is 24.0 Å². The fourth-order valence-corrected chi connectivity index (χ4v) is 1.77. The van der Waals surface area contributed by atoms with Gasteiger partial charge in [0.05, 0.1) is 5.60 Å². The maximum absolute atomic E-state index is 12.1. The molecule has 0 fully saturated rings. The van der Waals surface area contributed by atoms with E-state index in [4.69, 9.17) is 0 Å². The van der Waals surface area contributed by atoms with Crippen molar-refractivity contribution in [1.29, 1.82) is 0 Å². The van der Waals surface area contributed by atoms with Crippen molar-refractivity contribution in [2.45, 2.75) is 46.1 Å². The van der Waals surface area contributed by atoms with Crippen molar-refractivity contribution >= 4 is 11.6 Å². The summed E-state index contributed by atoms with van der Waals surface area (Å²) in [5.41, 5.74) is 0.556. The van der Waals surface area contributed by atoms with Gasteiger partial charge in [-0.15, -0.1) is 0 Å². The number of carbonyl (C=O) groups excluding carboxylic acids is 2. The van der Waals surface area contributed by atoms with E-state index in [-0.39, 0.29) is 11.6 Å². The average Bonchev–Trinajstić information content (AvgIpc) is 2.22. The summed E-state index contributed by atoms with van der Waals surface area (Å²) >= 11 is 0. The highest BCUT2D eigenvalue weighted by Gasteiger charge is 2.24. The molecule has 0 saturated carbocycles. The van der Waals surface area contributed by atoms with E-state index in [0.717, 1.165) is 5.57 Å². The maximum atomic E-state index is 12.1. The smallest absolute Gasteiger partial charge is 0.184 e. The lowest BCUT2D eigenvalue weighted by Crippen LogP contribution is -2.27. The van der Waals surface area contributed by atoms with E-state index in [2.05, 4.69) is 0 Å². The first-order chi connectivity index (χ1) is 8.21. The molecule has 0 unspecified atom stereocenters. The summed E-state index contributed by atoms with van der Waals surface area (Å²) in [5, 5.41) is 10.00. The van der Waals surface area contributed by atoms with Crippen molar-refractivity contribution in [3.63, 3.8) is 0 Å². The molecule has 0 bridgehead atoms. The number of carbonyl (C=O) groups is 2. The number of ketones is 2. The van der Waals surface area contributed by atoms with E-state index in [1.165, 1.54) is 6.08 Å². The molecule has 0 atom stereocenters. The van der Waals surface area contributed by atoms with Crippen LogP contribution in [0.5, 0.6) is 0 Å². The second kappa shape index (κ2) is 5.44. The minimum atomic E-state index is -1.22. The normalized spacial score (nSPS) is 27.7. The first kappa shape index (κ1) is 14.6. The van der Waals surface area contributed by atoms with E-state index in [9.17, 15) is 14.7 Å². The van der Waals surface area contributed by atoms with Crippen LogP contribution in [-0.2, 0) is 9.59 Å². The summed E-state index contributed by atoms with van der Waals surface area (Å²) in [5.74, 6) is -0.123. The van der Waals surface area contributed by atoms with Crippen LogP contribution in [0.3, 0.4) is 0 Å². The number of allylic oxidation sites excluding steroid dienone is 5. The van der Waals surface area contributed by atoms with E-state index < -0.39 is 5.60 Å². The van der Waals surface area contributed by atoms with E-state index in [1.54, 1.807) is 32.9 Å². The number of hydrogen-bond acceptors (Lipinski definition) is 3. The largest absolute Gasteiger partial charge is 0.386 e. The second-order valence-electron chi connectivity index (χ2n) is 5.27. The molecule has 98 valence electrons. The van der Waals surface area contributed by atoms with Gasteiger partial charge in [-0.05, 0) is 45.8 Å². The summed E-state index contributed by atoms with van der Waals surface area (Å²) in [4.78, 5) is 23.8. The van der Waals surface area contributed by atoms with Crippen molar-refractivity contribution < 1.29 is 14.7 Å². The molecule has 0 saturated heterocycles. The molecule has 3 heteroatoms. The number of Topliss-reactive ketones (excluding diaryl/α,β-unsaturated/α-hetero) is 1. The molecule has 0 aromatic rings. The predicted molar refractivity (Wildman–Crippen MR) is 71.1 cm³/mol. The van der Waals surface area contributed by atoms with E-state index >= 15 is 0 Å². The molecule has 0 aliphatic heterocycles. The Bertz CT molecular complexity index is 457. The van der Waals surface area contributed by atoms with Crippen LogP contribution in [0, 0.1) is 0 Å². The number of aliphatic hydroxyl groups is 1. The van der Waals surface area contributed by atoms with Crippen LogP contribution in [0.4, 0.5) is 0 Å². The highest BCUT2D eigenvalue weighted by atomic mass is 16.3. The monoisotopic (exact) mass is 248 g/mol. The Morgan fingerprint density at radius 1 is 1.11 bits per heavy atom. The third kappa shape index (κ3) is 3.77. The molecule has 1 aliphatic rings. The molecule has 3 nitrogen and oxygen atoms in total. The van der Waals surface area contributed by atoms with Crippen molar-refractivity contribution in [2.75, 3.05) is 0 Å². The van der Waals surface area contributed by atoms with Crippen molar-refractivity contribution in [1.82, 2.24) is 0 Å². The molecule has 1 aliphatic carbocycles. The predicted octanol–water partition coefficient (Wildman–Crippen LogP) is 2.51. The Morgan fingerprint density at radius 2 is 1.72 bits per heavy atom. The summed E-state index contributed by atoms with van der Waals surface area (Å²) in [6.45, 7) is 6.69. The highest BCUT2D eigenvalue weighted by Crippen LogP contribution is 2.20. The number of hydrogen-bond donors (Lipinski definition) is 1. The molecule has 1 N–H and O–H groups in total. The maximum Gasteiger partial charge on any atom is 0.184 e. The molecule has 0 radical (unpaired) electrons. The van der Waals surface area contributed by atoms with Crippen molar-refractivity contribution in [3.05, 3.63) is 34.9 Å². The van der Waals surface area contributed by atoms with Crippen LogP contribution in [-0.4, -0.2) is 22.3 Å². The minimum absolute atomic E-state index is 0.0726. The van der Waals surface area contributed by atoms with Gasteiger partial charge in [0.15, 0.2) is 11.6 Å². The Balaban J connectivity index is 3.29. The zero-order valence-electron chi connectivity index (χ0n) is 11.4. The lowest BCUT2D eigenvalue weighted by atomic mass is 9.90. The van der Waals surface area contributed by atoms with Crippen molar-refractivity contribution in [3.8, 4) is 0 Å². The molecule has 0 aromatic carbocycles. The van der Waals surface area contributed by atoms with Gasteiger partial charge in [-0.1, -0.05) is 17.7 Å². The van der Waals surface area contributed by atoms with Crippen LogP contribution in [0.25, 0.3) is 0 Å². The van der Waals surface area contributed by atoms with Gasteiger partial charge >= 0.3 is 0 Å². The zero-order chi connectivity index (χ0) is 13.9. The quantitative estimate of drug-likeness (QED) is 0.775. The van der Waals surface area contributed by atoms with Gasteiger partial charge in [0, 0.05) is 12.0 Å². The lowest BCUT2D eigenvalue weighted by molar-refractivity contribution is -0.116. The minimum Gasteiger partial charge on any atom is -0.386 e. The topological polar surface area (TPSA) is 54.4 Å². The fraction of sp³-hybridized carbons (Fsp3) is 0.467. The Morgan fingerprint density at radius 3 is 2.28 bits per heavy atom. The van der Waals surface area contributed by atoms with Gasteiger partial charge in [-0.3, -0.25) is 9.59 Å². The fourth-order valence-electron chi connectivity index (χ4n) is 1.77. The average molecular weight is 248 g/mol. The molecular formula is C15H20O3.